The molecule has 2 aromatic carbocycles. The van der Waals surface area contributed by atoms with Crippen molar-refractivity contribution in [1.82, 2.24) is 9.78 Å². The van der Waals surface area contributed by atoms with E-state index in [1.54, 1.807) is 16.8 Å². The predicted octanol–water partition coefficient (Wildman–Crippen LogP) is 6.40. The molecule has 0 aliphatic heterocycles. The van der Waals surface area contributed by atoms with Gasteiger partial charge in [-0.05, 0) is 43.3 Å². The Kier molecular flexibility index (Phi) is 5.84. The summed E-state index contributed by atoms with van der Waals surface area (Å²) in [5, 5.41) is 6.50. The van der Waals surface area contributed by atoms with Crippen LogP contribution in [0.4, 0.5) is 0 Å². The molecule has 0 atom stereocenters. The molecule has 0 aliphatic rings. The fraction of sp³-hybridized carbons (Fsp3) is 0.0952. The molecular weight excluding hydrogens is 467 g/mol. The van der Waals surface area contributed by atoms with Crippen LogP contribution < -0.4 is 0 Å². The number of rotatable bonds is 5. The van der Waals surface area contributed by atoms with Crippen LogP contribution in [0.25, 0.3) is 15.9 Å². The van der Waals surface area contributed by atoms with Crippen molar-refractivity contribution in [2.24, 2.45) is 0 Å². The van der Waals surface area contributed by atoms with Crippen LogP contribution in [0.3, 0.4) is 0 Å². The molecule has 0 fully saturated rings. The van der Waals surface area contributed by atoms with Crippen LogP contribution in [0, 0.1) is 6.92 Å². The molecule has 0 saturated carbocycles. The number of carbonyl (C=O) groups excluding carboxylic acids is 2. The summed E-state index contributed by atoms with van der Waals surface area (Å²) in [6.45, 7) is 1.45. The highest BCUT2D eigenvalue weighted by atomic mass is 35.5. The standard InChI is InChI=1S/C21H13Cl3N2O3S/c1-11-13-9-19(30-20(13)26(25-11)17-5-3-2-4-15(17)23)21(28)29-10-18(27)12-6-7-14(22)16(24)8-12/h2-9H,10H2,1H3. The number of fused-ring (bicyclic) bond motifs is 1. The SMILES string of the molecule is Cc1nn(-c2ccccc2Cl)c2sc(C(=O)OCC(=O)c3ccc(Cl)c(Cl)c3)cc12. The van der Waals surface area contributed by atoms with Gasteiger partial charge in [0, 0.05) is 10.9 Å². The first-order valence-corrected chi connectivity index (χ1v) is 10.7. The summed E-state index contributed by atoms with van der Waals surface area (Å²) in [6.07, 6.45) is 0. The lowest BCUT2D eigenvalue weighted by atomic mass is 10.1. The molecule has 0 N–H and O–H groups in total. The number of benzene rings is 2. The van der Waals surface area contributed by atoms with Gasteiger partial charge in [0.25, 0.3) is 0 Å². The third kappa shape index (κ3) is 3.96. The summed E-state index contributed by atoms with van der Waals surface area (Å²) >= 11 is 19.3. The number of Topliss-reactive ketones (excluding diaryl/α,β-unsaturated/α-hetero) is 1. The number of ether oxygens (including phenoxy) is 1. The van der Waals surface area contributed by atoms with Crippen molar-refractivity contribution < 1.29 is 14.3 Å². The normalized spacial score (nSPS) is 11.1. The maximum atomic E-state index is 12.5. The number of aromatic nitrogens is 2. The van der Waals surface area contributed by atoms with E-state index in [9.17, 15) is 9.59 Å². The number of halogens is 3. The van der Waals surface area contributed by atoms with Crippen molar-refractivity contribution in [3.05, 3.63) is 79.7 Å². The number of hydrogen-bond donors (Lipinski definition) is 0. The minimum atomic E-state index is -0.588. The molecule has 4 rings (SSSR count). The Morgan fingerprint density at radius 2 is 1.80 bits per heavy atom. The maximum Gasteiger partial charge on any atom is 0.348 e. The number of ketones is 1. The average molecular weight is 480 g/mol. The van der Waals surface area contributed by atoms with E-state index in [-0.39, 0.29) is 10.8 Å². The van der Waals surface area contributed by atoms with E-state index in [4.69, 9.17) is 39.5 Å². The van der Waals surface area contributed by atoms with Crippen molar-refractivity contribution in [2.45, 2.75) is 6.92 Å². The van der Waals surface area contributed by atoms with Crippen LogP contribution in [0.2, 0.25) is 15.1 Å². The van der Waals surface area contributed by atoms with Crippen molar-refractivity contribution in [3.8, 4) is 5.69 Å². The van der Waals surface area contributed by atoms with Crippen molar-refractivity contribution >= 4 is 68.1 Å². The molecule has 9 heteroatoms. The molecule has 0 aliphatic carbocycles. The van der Waals surface area contributed by atoms with Crippen molar-refractivity contribution in [1.29, 1.82) is 0 Å². The number of aryl methyl sites for hydroxylation is 1. The number of para-hydroxylation sites is 1. The average Bonchev–Trinajstić information content (AvgIpc) is 3.29. The zero-order valence-corrected chi connectivity index (χ0v) is 18.6. The minimum absolute atomic E-state index is 0.262. The largest absolute Gasteiger partial charge is 0.453 e. The van der Waals surface area contributed by atoms with E-state index < -0.39 is 12.6 Å². The van der Waals surface area contributed by atoms with E-state index >= 15 is 0 Å². The van der Waals surface area contributed by atoms with Gasteiger partial charge >= 0.3 is 5.97 Å². The highest BCUT2D eigenvalue weighted by Gasteiger charge is 2.20. The summed E-state index contributed by atoms with van der Waals surface area (Å²) in [4.78, 5) is 26.0. The zero-order valence-electron chi connectivity index (χ0n) is 15.5. The van der Waals surface area contributed by atoms with Gasteiger partial charge in [0.1, 0.15) is 9.71 Å². The fourth-order valence-corrected chi connectivity index (χ4v) is 4.47. The van der Waals surface area contributed by atoms with Crippen molar-refractivity contribution in [3.63, 3.8) is 0 Å². The van der Waals surface area contributed by atoms with Gasteiger partial charge in [-0.25, -0.2) is 9.48 Å². The van der Waals surface area contributed by atoms with Crippen molar-refractivity contribution in [2.75, 3.05) is 6.61 Å². The molecule has 0 bridgehead atoms. The maximum absolute atomic E-state index is 12.5. The summed E-state index contributed by atoms with van der Waals surface area (Å²) < 4.78 is 6.92. The van der Waals surface area contributed by atoms with Gasteiger partial charge < -0.3 is 4.74 Å². The first-order valence-electron chi connectivity index (χ1n) is 8.74. The number of hydrogen-bond acceptors (Lipinski definition) is 5. The Hall–Kier alpha value is -2.38. The molecule has 5 nitrogen and oxygen atoms in total. The Labute approximate surface area is 190 Å². The van der Waals surface area contributed by atoms with Crippen LogP contribution in [0.1, 0.15) is 25.7 Å². The number of esters is 1. The lowest BCUT2D eigenvalue weighted by molar-refractivity contribution is 0.0479. The summed E-state index contributed by atoms with van der Waals surface area (Å²) in [6, 6.07) is 13.5. The molecule has 0 spiro atoms. The van der Waals surface area contributed by atoms with Gasteiger partial charge in [0.05, 0.1) is 26.4 Å². The van der Waals surface area contributed by atoms with Gasteiger partial charge in [0.15, 0.2) is 12.4 Å². The summed E-state index contributed by atoms with van der Waals surface area (Å²) in [7, 11) is 0. The van der Waals surface area contributed by atoms with Crippen LogP contribution in [-0.2, 0) is 4.74 Å². The van der Waals surface area contributed by atoms with E-state index in [2.05, 4.69) is 5.10 Å². The monoisotopic (exact) mass is 478 g/mol. The van der Waals surface area contributed by atoms with Gasteiger partial charge in [-0.2, -0.15) is 5.10 Å². The lowest BCUT2D eigenvalue weighted by Crippen LogP contribution is -2.13. The first kappa shape index (κ1) is 20.9. The van der Waals surface area contributed by atoms with Gasteiger partial charge in [-0.15, -0.1) is 11.3 Å². The Morgan fingerprint density at radius 3 is 2.53 bits per heavy atom. The van der Waals surface area contributed by atoms with Crippen LogP contribution in [0.5, 0.6) is 0 Å². The third-order valence-corrected chi connectivity index (χ3v) is 6.55. The lowest BCUT2D eigenvalue weighted by Gasteiger charge is -2.05. The molecular formula is C21H13Cl3N2O3S. The first-order chi connectivity index (χ1) is 14.3. The van der Waals surface area contributed by atoms with E-state index in [1.165, 1.54) is 29.5 Å². The predicted molar refractivity (Wildman–Crippen MR) is 120 cm³/mol. The van der Waals surface area contributed by atoms with Crippen LogP contribution in [-0.4, -0.2) is 28.1 Å². The number of thiophene rings is 1. The Balaban J connectivity index is 1.55. The highest BCUT2D eigenvalue weighted by molar-refractivity contribution is 7.20. The fourth-order valence-electron chi connectivity index (χ4n) is 2.89. The molecule has 30 heavy (non-hydrogen) atoms. The molecule has 0 radical (unpaired) electrons. The number of carbonyl (C=O) groups is 2. The van der Waals surface area contributed by atoms with Gasteiger partial charge in [-0.3, -0.25) is 4.79 Å². The smallest absolute Gasteiger partial charge is 0.348 e. The minimum Gasteiger partial charge on any atom is -0.453 e. The van der Waals surface area contributed by atoms with Gasteiger partial charge in [-0.1, -0.05) is 46.9 Å². The second kappa shape index (κ2) is 8.40. The van der Waals surface area contributed by atoms with Crippen LogP contribution >= 0.6 is 46.1 Å². The summed E-state index contributed by atoms with van der Waals surface area (Å²) in [5.41, 5.74) is 1.79. The molecule has 2 aromatic heterocycles. The zero-order chi connectivity index (χ0) is 21.4. The summed E-state index contributed by atoms with van der Waals surface area (Å²) in [5.74, 6) is -0.962. The third-order valence-electron chi connectivity index (χ3n) is 4.40. The van der Waals surface area contributed by atoms with Crippen LogP contribution in [0.15, 0.2) is 48.5 Å². The molecule has 0 unspecified atom stereocenters. The molecule has 0 amide bonds. The highest BCUT2D eigenvalue weighted by Crippen LogP contribution is 2.32. The molecule has 152 valence electrons. The van der Waals surface area contributed by atoms with E-state index in [0.29, 0.717) is 26.2 Å². The molecule has 4 aromatic rings. The molecule has 0 saturated heterocycles. The quantitative estimate of drug-likeness (QED) is 0.246. The van der Waals surface area contributed by atoms with E-state index in [0.717, 1.165) is 15.9 Å². The Bertz CT molecular complexity index is 1300. The van der Waals surface area contributed by atoms with Gasteiger partial charge in [0.2, 0.25) is 0 Å². The van der Waals surface area contributed by atoms with E-state index in [1.807, 2.05) is 25.1 Å². The Morgan fingerprint density at radius 1 is 1.03 bits per heavy atom. The number of nitrogens with zero attached hydrogens (tertiary/aromatic N) is 2. The topological polar surface area (TPSA) is 61.2 Å². The second-order valence-corrected chi connectivity index (χ2v) is 8.66. The second-order valence-electron chi connectivity index (χ2n) is 6.41. The molecule has 2 heterocycles.